The summed E-state index contributed by atoms with van der Waals surface area (Å²) in [4.78, 5) is 0. The van der Waals surface area contributed by atoms with Crippen molar-refractivity contribution in [1.29, 1.82) is 0 Å². The quantitative estimate of drug-likeness (QED) is 0.815. The summed E-state index contributed by atoms with van der Waals surface area (Å²) in [5.74, 6) is 0.908. The number of nitrogens with one attached hydrogen (secondary N) is 1. The molecule has 0 spiro atoms. The average molecular weight is 253 g/mol. The predicted octanol–water partition coefficient (Wildman–Crippen LogP) is 4.16. The zero-order valence-corrected chi connectivity index (χ0v) is 11.7. The Balaban J connectivity index is 1.82. The number of fused-ring (bicyclic) bond motifs is 1. The maximum atomic E-state index is 3.74. The molecule has 1 heteroatoms. The Bertz CT molecular complexity index is 537. The summed E-state index contributed by atoms with van der Waals surface area (Å²) in [5, 5.41) is 6.54. The van der Waals surface area contributed by atoms with E-state index in [0.717, 1.165) is 12.5 Å². The van der Waals surface area contributed by atoms with E-state index >= 15 is 0 Å². The molecule has 0 bridgehead atoms. The van der Waals surface area contributed by atoms with Gasteiger partial charge in [0.1, 0.15) is 0 Å². The summed E-state index contributed by atoms with van der Waals surface area (Å²) < 4.78 is 0. The topological polar surface area (TPSA) is 12.0 Å². The van der Waals surface area contributed by atoms with E-state index in [4.69, 9.17) is 0 Å². The number of benzene rings is 2. The Morgan fingerprint density at radius 3 is 2.68 bits per heavy atom. The third kappa shape index (κ3) is 2.98. The summed E-state index contributed by atoms with van der Waals surface area (Å²) in [7, 11) is 0. The molecular weight excluding hydrogens is 230 g/mol. The molecule has 3 rings (SSSR count). The first-order chi connectivity index (χ1) is 9.38. The van der Waals surface area contributed by atoms with Crippen molar-refractivity contribution in [1.82, 2.24) is 5.32 Å². The minimum atomic E-state index is 0.672. The van der Waals surface area contributed by atoms with Crippen LogP contribution in [0.15, 0.2) is 42.5 Å². The average Bonchev–Trinajstić information content (AvgIpc) is 3.28. The first kappa shape index (κ1) is 12.7. The molecule has 1 aliphatic rings. The van der Waals surface area contributed by atoms with Gasteiger partial charge < -0.3 is 5.32 Å². The number of rotatable bonds is 6. The summed E-state index contributed by atoms with van der Waals surface area (Å²) in [6, 6.07) is 16.1. The maximum Gasteiger partial charge on any atom is 0.0136 e. The molecule has 1 nitrogen and oxygen atoms in total. The van der Waals surface area contributed by atoms with Gasteiger partial charge in [0.05, 0.1) is 0 Å². The lowest BCUT2D eigenvalue weighted by molar-refractivity contribution is 0.461. The molecule has 0 radical (unpaired) electrons. The zero-order chi connectivity index (χ0) is 13.1. The van der Waals surface area contributed by atoms with Gasteiger partial charge in [-0.1, -0.05) is 49.4 Å². The fraction of sp³-hybridized carbons (Fsp3) is 0.444. The minimum absolute atomic E-state index is 0.672. The van der Waals surface area contributed by atoms with Crippen LogP contribution in [0.25, 0.3) is 10.8 Å². The van der Waals surface area contributed by atoms with E-state index < -0.39 is 0 Å². The molecule has 0 heterocycles. The van der Waals surface area contributed by atoms with Crippen LogP contribution in [0.2, 0.25) is 0 Å². The predicted molar refractivity (Wildman–Crippen MR) is 82.5 cm³/mol. The van der Waals surface area contributed by atoms with Gasteiger partial charge in [-0.3, -0.25) is 0 Å². The van der Waals surface area contributed by atoms with E-state index in [1.165, 1.54) is 42.0 Å². The highest BCUT2D eigenvalue weighted by Crippen LogP contribution is 2.35. The van der Waals surface area contributed by atoms with E-state index in [2.05, 4.69) is 54.7 Å². The molecule has 2 aromatic carbocycles. The molecule has 0 aromatic heterocycles. The van der Waals surface area contributed by atoms with E-state index in [-0.39, 0.29) is 0 Å². The second-order valence-corrected chi connectivity index (χ2v) is 5.74. The van der Waals surface area contributed by atoms with Crippen LogP contribution in [0.4, 0.5) is 0 Å². The Kier molecular flexibility index (Phi) is 3.84. The molecule has 1 aliphatic carbocycles. The summed E-state index contributed by atoms with van der Waals surface area (Å²) in [6.45, 7) is 3.39. The van der Waals surface area contributed by atoms with Gasteiger partial charge in [-0.25, -0.2) is 0 Å². The van der Waals surface area contributed by atoms with Gasteiger partial charge in [-0.15, -0.1) is 0 Å². The van der Waals surface area contributed by atoms with E-state index in [9.17, 15) is 0 Å². The molecule has 1 fully saturated rings. The van der Waals surface area contributed by atoms with Crippen LogP contribution in [0.1, 0.15) is 31.7 Å². The third-order valence-electron chi connectivity index (χ3n) is 4.17. The smallest absolute Gasteiger partial charge is 0.0136 e. The largest absolute Gasteiger partial charge is 0.313 e. The van der Waals surface area contributed by atoms with Crippen LogP contribution in [0.3, 0.4) is 0 Å². The summed E-state index contributed by atoms with van der Waals surface area (Å²) in [5.41, 5.74) is 1.50. The highest BCUT2D eigenvalue weighted by atomic mass is 14.9. The van der Waals surface area contributed by atoms with E-state index in [1.54, 1.807) is 0 Å². The van der Waals surface area contributed by atoms with Gasteiger partial charge in [-0.2, -0.15) is 0 Å². The fourth-order valence-electron chi connectivity index (χ4n) is 2.94. The normalized spacial score (nSPS) is 16.7. The van der Waals surface area contributed by atoms with Crippen LogP contribution >= 0.6 is 0 Å². The van der Waals surface area contributed by atoms with Gasteiger partial charge in [0, 0.05) is 6.04 Å². The Hall–Kier alpha value is -1.34. The lowest BCUT2D eigenvalue weighted by atomic mass is 9.96. The second kappa shape index (κ2) is 5.75. The van der Waals surface area contributed by atoms with Crippen molar-refractivity contribution in [2.45, 2.75) is 38.6 Å². The third-order valence-corrected chi connectivity index (χ3v) is 4.17. The van der Waals surface area contributed by atoms with Gasteiger partial charge in [0.15, 0.2) is 0 Å². The van der Waals surface area contributed by atoms with Gasteiger partial charge >= 0.3 is 0 Å². The van der Waals surface area contributed by atoms with E-state index in [0.29, 0.717) is 6.04 Å². The van der Waals surface area contributed by atoms with Gasteiger partial charge in [0.2, 0.25) is 0 Å². The monoisotopic (exact) mass is 253 g/mol. The summed E-state index contributed by atoms with van der Waals surface area (Å²) >= 11 is 0. The molecule has 0 amide bonds. The molecule has 1 saturated carbocycles. The first-order valence-corrected chi connectivity index (χ1v) is 7.58. The molecule has 1 atom stereocenters. The van der Waals surface area contributed by atoms with Gasteiger partial charge in [0.25, 0.3) is 0 Å². The van der Waals surface area contributed by atoms with Crippen molar-refractivity contribution in [3.8, 4) is 0 Å². The molecular formula is C18H23N. The van der Waals surface area contributed by atoms with Crippen molar-refractivity contribution in [3.63, 3.8) is 0 Å². The number of hydrogen-bond donors (Lipinski definition) is 1. The highest BCUT2D eigenvalue weighted by molar-refractivity contribution is 5.85. The molecule has 1 unspecified atom stereocenters. The van der Waals surface area contributed by atoms with Crippen molar-refractivity contribution in [2.24, 2.45) is 5.92 Å². The molecule has 0 saturated heterocycles. The molecule has 2 aromatic rings. The Labute approximate surface area is 116 Å². The second-order valence-electron chi connectivity index (χ2n) is 5.74. The molecule has 1 N–H and O–H groups in total. The van der Waals surface area contributed by atoms with Crippen molar-refractivity contribution >= 4 is 10.8 Å². The lowest BCUT2D eigenvalue weighted by Crippen LogP contribution is -2.33. The lowest BCUT2D eigenvalue weighted by Gasteiger charge is -2.19. The minimum Gasteiger partial charge on any atom is -0.313 e. The molecule has 0 aliphatic heterocycles. The SMILES string of the molecule is CCCNC(Cc1cccc2ccccc12)C1CC1. The van der Waals surface area contributed by atoms with Crippen molar-refractivity contribution < 1.29 is 0 Å². The zero-order valence-electron chi connectivity index (χ0n) is 11.7. The molecule has 100 valence electrons. The van der Waals surface area contributed by atoms with Crippen LogP contribution in [0.5, 0.6) is 0 Å². The van der Waals surface area contributed by atoms with E-state index in [1.807, 2.05) is 0 Å². The first-order valence-electron chi connectivity index (χ1n) is 7.58. The highest BCUT2D eigenvalue weighted by Gasteiger charge is 2.30. The Morgan fingerprint density at radius 1 is 1.11 bits per heavy atom. The number of hydrogen-bond acceptors (Lipinski definition) is 1. The van der Waals surface area contributed by atoms with Crippen LogP contribution in [-0.4, -0.2) is 12.6 Å². The Morgan fingerprint density at radius 2 is 1.89 bits per heavy atom. The van der Waals surface area contributed by atoms with Crippen LogP contribution in [0, 0.1) is 5.92 Å². The van der Waals surface area contributed by atoms with Crippen LogP contribution in [-0.2, 0) is 6.42 Å². The summed E-state index contributed by atoms with van der Waals surface area (Å²) in [6.07, 6.45) is 5.21. The van der Waals surface area contributed by atoms with Crippen molar-refractivity contribution in [2.75, 3.05) is 6.54 Å². The fourth-order valence-corrected chi connectivity index (χ4v) is 2.94. The maximum absolute atomic E-state index is 3.74. The van der Waals surface area contributed by atoms with Gasteiger partial charge in [-0.05, 0) is 54.5 Å². The van der Waals surface area contributed by atoms with Crippen LogP contribution < -0.4 is 5.32 Å². The van der Waals surface area contributed by atoms with Crippen molar-refractivity contribution in [3.05, 3.63) is 48.0 Å². The molecule has 19 heavy (non-hydrogen) atoms. The standard InChI is InChI=1S/C18H23N/c1-2-12-19-18(15-10-11-15)13-16-8-5-7-14-6-3-4-9-17(14)16/h3-9,15,18-19H,2,10-13H2,1H3.